The molecule has 0 aliphatic carbocycles. The van der Waals surface area contributed by atoms with Gasteiger partial charge in [-0.2, -0.15) is 0 Å². The van der Waals surface area contributed by atoms with E-state index in [0.717, 1.165) is 39.1 Å². The van der Waals surface area contributed by atoms with Crippen molar-refractivity contribution in [2.45, 2.75) is 12.8 Å². The van der Waals surface area contributed by atoms with Crippen LogP contribution in [-0.2, 0) is 14.3 Å². The number of halogens is 2. The SMILES string of the molecule is O=C(C=CCN1CCCOCC1)Nc1cc2c(Nc3ccc(F)c(Cl)c3)ncnc2cc1OCC1CCOC1. The van der Waals surface area contributed by atoms with Crippen LogP contribution in [0.5, 0.6) is 5.75 Å². The zero-order chi connectivity index (χ0) is 27.0. The normalized spacial score (nSPS) is 18.4. The second-order valence-corrected chi connectivity index (χ2v) is 9.95. The molecule has 0 spiro atoms. The van der Waals surface area contributed by atoms with Crippen LogP contribution < -0.4 is 15.4 Å². The van der Waals surface area contributed by atoms with Crippen molar-refractivity contribution >= 4 is 45.6 Å². The van der Waals surface area contributed by atoms with Crippen molar-refractivity contribution in [3.8, 4) is 5.75 Å². The highest BCUT2D eigenvalue weighted by atomic mass is 35.5. The van der Waals surface area contributed by atoms with Gasteiger partial charge in [-0.15, -0.1) is 0 Å². The molecule has 1 amide bonds. The highest BCUT2D eigenvalue weighted by Crippen LogP contribution is 2.34. The molecule has 2 saturated heterocycles. The summed E-state index contributed by atoms with van der Waals surface area (Å²) in [5, 5.41) is 6.77. The van der Waals surface area contributed by atoms with E-state index in [2.05, 4.69) is 25.5 Å². The molecule has 0 radical (unpaired) electrons. The molecule has 11 heteroatoms. The molecular formula is C28H31ClFN5O4. The van der Waals surface area contributed by atoms with Crippen LogP contribution >= 0.6 is 11.6 Å². The van der Waals surface area contributed by atoms with E-state index in [4.69, 9.17) is 25.8 Å². The predicted octanol–water partition coefficient (Wildman–Crippen LogP) is 4.80. The summed E-state index contributed by atoms with van der Waals surface area (Å²) in [6.07, 6.45) is 6.72. The molecule has 9 nitrogen and oxygen atoms in total. The van der Waals surface area contributed by atoms with Crippen LogP contribution in [0.4, 0.5) is 21.6 Å². The molecule has 1 unspecified atom stereocenters. The number of carbonyl (C=O) groups excluding carboxylic acids is 1. The number of carbonyl (C=O) groups is 1. The quantitative estimate of drug-likeness (QED) is 0.363. The van der Waals surface area contributed by atoms with Crippen molar-refractivity contribution in [3.05, 3.63) is 59.7 Å². The summed E-state index contributed by atoms with van der Waals surface area (Å²) in [5.74, 6) is 0.494. The van der Waals surface area contributed by atoms with E-state index in [0.29, 0.717) is 60.2 Å². The molecule has 2 aromatic carbocycles. The third-order valence-corrected chi connectivity index (χ3v) is 6.91. The second-order valence-electron chi connectivity index (χ2n) is 9.54. The maximum Gasteiger partial charge on any atom is 0.248 e. The molecule has 0 saturated carbocycles. The molecule has 2 aliphatic rings. The molecular weight excluding hydrogens is 525 g/mol. The number of benzene rings is 2. The maximum atomic E-state index is 13.6. The van der Waals surface area contributed by atoms with Gasteiger partial charge in [0.15, 0.2) is 0 Å². The van der Waals surface area contributed by atoms with Crippen molar-refractivity contribution in [1.29, 1.82) is 0 Å². The Labute approximate surface area is 231 Å². The first-order valence-corrected chi connectivity index (χ1v) is 13.4. The lowest BCUT2D eigenvalue weighted by atomic mass is 10.1. The number of rotatable bonds is 9. The van der Waals surface area contributed by atoms with Crippen molar-refractivity contribution < 1.29 is 23.4 Å². The molecule has 1 aromatic heterocycles. The topological polar surface area (TPSA) is 97.8 Å². The van der Waals surface area contributed by atoms with E-state index in [9.17, 15) is 9.18 Å². The van der Waals surface area contributed by atoms with Gasteiger partial charge in [-0.05, 0) is 37.1 Å². The van der Waals surface area contributed by atoms with Gasteiger partial charge >= 0.3 is 0 Å². The van der Waals surface area contributed by atoms with Crippen LogP contribution in [0.2, 0.25) is 5.02 Å². The number of hydrogen-bond donors (Lipinski definition) is 2. The number of nitrogens with zero attached hydrogens (tertiary/aromatic N) is 3. The molecule has 1 atom stereocenters. The van der Waals surface area contributed by atoms with E-state index in [1.54, 1.807) is 18.2 Å². The number of fused-ring (bicyclic) bond motifs is 1. The van der Waals surface area contributed by atoms with Gasteiger partial charge in [-0.25, -0.2) is 14.4 Å². The Morgan fingerprint density at radius 3 is 2.95 bits per heavy atom. The van der Waals surface area contributed by atoms with Gasteiger partial charge in [0, 0.05) is 62.0 Å². The summed E-state index contributed by atoms with van der Waals surface area (Å²) >= 11 is 5.95. The third kappa shape index (κ3) is 7.42. The van der Waals surface area contributed by atoms with Crippen molar-refractivity contribution in [2.24, 2.45) is 5.92 Å². The van der Waals surface area contributed by atoms with Crippen molar-refractivity contribution in [3.63, 3.8) is 0 Å². The molecule has 2 aliphatic heterocycles. The third-order valence-electron chi connectivity index (χ3n) is 6.62. The lowest BCUT2D eigenvalue weighted by Gasteiger charge is -2.17. The Balaban J connectivity index is 1.38. The van der Waals surface area contributed by atoms with Gasteiger partial charge in [0.25, 0.3) is 0 Å². The van der Waals surface area contributed by atoms with E-state index >= 15 is 0 Å². The highest BCUT2D eigenvalue weighted by Gasteiger charge is 2.19. The van der Waals surface area contributed by atoms with Crippen molar-refractivity contribution in [1.82, 2.24) is 14.9 Å². The van der Waals surface area contributed by atoms with Crippen LogP contribution in [0.15, 0.2) is 48.8 Å². The van der Waals surface area contributed by atoms with Crippen LogP contribution in [0.25, 0.3) is 10.9 Å². The standard InChI is InChI=1S/C28H31ClFN5O4/c29-22-13-20(4-5-23(22)30)33-28-21-14-25(34-27(36)3-1-7-35-8-2-10-37-12-9-35)26(15-24(21)31-18-32-28)39-17-19-6-11-38-16-19/h1,3-5,13-15,18-19H,2,6-12,16-17H2,(H,34,36)(H,31,32,33). The fourth-order valence-electron chi connectivity index (χ4n) is 4.50. The van der Waals surface area contributed by atoms with Gasteiger partial charge < -0.3 is 24.8 Å². The number of aromatic nitrogens is 2. The van der Waals surface area contributed by atoms with Gasteiger partial charge in [0.1, 0.15) is 23.7 Å². The zero-order valence-corrected chi connectivity index (χ0v) is 22.3. The Morgan fingerprint density at radius 1 is 1.18 bits per heavy atom. The Morgan fingerprint density at radius 2 is 2.10 bits per heavy atom. The minimum atomic E-state index is -0.508. The first kappa shape index (κ1) is 27.3. The lowest BCUT2D eigenvalue weighted by molar-refractivity contribution is -0.111. The number of nitrogens with one attached hydrogen (secondary N) is 2. The number of hydrogen-bond acceptors (Lipinski definition) is 8. The van der Waals surface area contributed by atoms with Gasteiger partial charge in [0.2, 0.25) is 5.91 Å². The largest absolute Gasteiger partial charge is 0.491 e. The molecule has 2 fully saturated rings. The van der Waals surface area contributed by atoms with E-state index in [1.807, 2.05) is 6.08 Å². The zero-order valence-electron chi connectivity index (χ0n) is 21.5. The fourth-order valence-corrected chi connectivity index (χ4v) is 4.68. The van der Waals surface area contributed by atoms with Gasteiger partial charge in [-0.3, -0.25) is 9.69 Å². The molecule has 39 heavy (non-hydrogen) atoms. The molecule has 3 heterocycles. The van der Waals surface area contributed by atoms with Crippen LogP contribution in [0.1, 0.15) is 12.8 Å². The first-order valence-electron chi connectivity index (χ1n) is 13.0. The molecule has 2 N–H and O–H groups in total. The fraction of sp³-hybridized carbons (Fsp3) is 0.393. The summed E-state index contributed by atoms with van der Waals surface area (Å²) in [7, 11) is 0. The van der Waals surface area contributed by atoms with E-state index in [-0.39, 0.29) is 16.8 Å². The second kappa shape index (κ2) is 13.2. The van der Waals surface area contributed by atoms with E-state index in [1.165, 1.54) is 24.5 Å². The number of anilines is 3. The Kier molecular flexibility index (Phi) is 9.20. The summed E-state index contributed by atoms with van der Waals surface area (Å²) < 4.78 is 30.8. The highest BCUT2D eigenvalue weighted by molar-refractivity contribution is 6.31. The predicted molar refractivity (Wildman–Crippen MR) is 148 cm³/mol. The Hall–Kier alpha value is -3.31. The van der Waals surface area contributed by atoms with Crippen LogP contribution in [0.3, 0.4) is 0 Å². The minimum Gasteiger partial charge on any atom is -0.491 e. The first-order chi connectivity index (χ1) is 19.0. The maximum absolute atomic E-state index is 13.6. The monoisotopic (exact) mass is 555 g/mol. The van der Waals surface area contributed by atoms with Gasteiger partial charge in [0.05, 0.1) is 36.0 Å². The summed E-state index contributed by atoms with van der Waals surface area (Å²) in [4.78, 5) is 23.9. The van der Waals surface area contributed by atoms with Crippen LogP contribution in [0, 0.1) is 11.7 Å². The summed E-state index contributed by atoms with van der Waals surface area (Å²) in [6.45, 7) is 5.75. The minimum absolute atomic E-state index is 0.00242. The summed E-state index contributed by atoms with van der Waals surface area (Å²) in [5.41, 5.74) is 1.68. The summed E-state index contributed by atoms with van der Waals surface area (Å²) in [6, 6.07) is 7.90. The molecule has 206 valence electrons. The molecule has 0 bridgehead atoms. The number of ether oxygens (including phenoxy) is 3. The van der Waals surface area contributed by atoms with Crippen LogP contribution in [-0.4, -0.2) is 73.4 Å². The van der Waals surface area contributed by atoms with E-state index < -0.39 is 5.82 Å². The Bertz CT molecular complexity index is 1330. The average Bonchev–Trinajstić information content (AvgIpc) is 3.32. The van der Waals surface area contributed by atoms with Gasteiger partial charge in [-0.1, -0.05) is 17.7 Å². The lowest BCUT2D eigenvalue weighted by Crippen LogP contribution is -2.26. The average molecular weight is 556 g/mol. The number of amides is 1. The smallest absolute Gasteiger partial charge is 0.248 e. The molecule has 5 rings (SSSR count). The van der Waals surface area contributed by atoms with Crippen molar-refractivity contribution in [2.75, 3.05) is 63.3 Å². The molecule has 3 aromatic rings.